The molecule has 16 heavy (non-hydrogen) atoms. The Bertz CT molecular complexity index is 167. The van der Waals surface area contributed by atoms with Gasteiger partial charge in [-0.25, -0.2) is 0 Å². The summed E-state index contributed by atoms with van der Waals surface area (Å²) >= 11 is 5.27. The van der Waals surface area contributed by atoms with Gasteiger partial charge in [0.1, 0.15) is 0 Å². The van der Waals surface area contributed by atoms with Crippen LogP contribution < -0.4 is 5.32 Å². The molecule has 0 radical (unpaired) electrons. The van der Waals surface area contributed by atoms with Crippen molar-refractivity contribution in [2.24, 2.45) is 0 Å². The maximum absolute atomic E-state index is 11.3. The van der Waals surface area contributed by atoms with E-state index in [1.54, 1.807) is 0 Å². The molecule has 1 N–H and O–H groups in total. The predicted molar refractivity (Wildman–Crippen MR) is 77.5 cm³/mol. The van der Waals surface area contributed by atoms with Crippen LogP contribution in [0.1, 0.15) is 44.9 Å². The normalized spacial score (nSPS) is 10.4. The molecule has 0 aromatic rings. The average Bonchev–Trinajstić information content (AvgIpc) is 2.28. The first-order valence-corrected chi connectivity index (χ1v) is 8.64. The third-order valence-corrected chi connectivity index (χ3v) is 3.64. The van der Waals surface area contributed by atoms with Gasteiger partial charge in [-0.1, -0.05) is 28.8 Å². The molecule has 0 bridgehead atoms. The van der Waals surface area contributed by atoms with Crippen LogP contribution in [0.2, 0.25) is 0 Å². The standard InChI is InChI=1S/C12H24BrNOS/c1-16-11-7-3-2-6-10-14-12(15)8-4-5-9-13/h2-11H2,1H3,(H,14,15). The molecular weight excluding hydrogens is 286 g/mol. The lowest BCUT2D eigenvalue weighted by atomic mass is 10.2. The van der Waals surface area contributed by atoms with Crippen LogP contribution in [-0.2, 0) is 4.79 Å². The number of carbonyl (C=O) groups is 1. The van der Waals surface area contributed by atoms with Crippen molar-refractivity contribution in [1.82, 2.24) is 5.32 Å². The smallest absolute Gasteiger partial charge is 0.219 e. The van der Waals surface area contributed by atoms with E-state index in [-0.39, 0.29) is 5.91 Å². The molecule has 0 aliphatic carbocycles. The van der Waals surface area contributed by atoms with Crippen LogP contribution in [0, 0.1) is 0 Å². The van der Waals surface area contributed by atoms with Gasteiger partial charge in [0.25, 0.3) is 0 Å². The van der Waals surface area contributed by atoms with Crippen LogP contribution in [0.25, 0.3) is 0 Å². The van der Waals surface area contributed by atoms with E-state index in [4.69, 9.17) is 0 Å². The molecule has 1 amide bonds. The van der Waals surface area contributed by atoms with Gasteiger partial charge in [-0.15, -0.1) is 0 Å². The van der Waals surface area contributed by atoms with Crippen LogP contribution in [0.4, 0.5) is 0 Å². The van der Waals surface area contributed by atoms with Crippen LogP contribution in [0.3, 0.4) is 0 Å². The van der Waals surface area contributed by atoms with Crippen molar-refractivity contribution in [3.63, 3.8) is 0 Å². The molecule has 2 nitrogen and oxygen atoms in total. The van der Waals surface area contributed by atoms with Crippen molar-refractivity contribution in [2.75, 3.05) is 23.9 Å². The second kappa shape index (κ2) is 13.4. The van der Waals surface area contributed by atoms with Gasteiger partial charge in [-0.2, -0.15) is 11.8 Å². The average molecular weight is 310 g/mol. The summed E-state index contributed by atoms with van der Waals surface area (Å²) in [4.78, 5) is 11.3. The van der Waals surface area contributed by atoms with Crippen molar-refractivity contribution in [3.05, 3.63) is 0 Å². The van der Waals surface area contributed by atoms with Crippen LogP contribution in [0.5, 0.6) is 0 Å². The van der Waals surface area contributed by atoms with Gasteiger partial charge < -0.3 is 5.32 Å². The minimum atomic E-state index is 0.213. The molecule has 0 rings (SSSR count). The molecule has 0 heterocycles. The van der Waals surface area contributed by atoms with E-state index in [0.717, 1.165) is 31.1 Å². The number of rotatable bonds is 11. The first kappa shape index (κ1) is 16.3. The zero-order valence-electron chi connectivity index (χ0n) is 10.3. The minimum Gasteiger partial charge on any atom is -0.356 e. The first-order valence-electron chi connectivity index (χ1n) is 6.13. The molecule has 0 unspecified atom stereocenters. The maximum Gasteiger partial charge on any atom is 0.219 e. The zero-order chi connectivity index (χ0) is 12.1. The van der Waals surface area contributed by atoms with Gasteiger partial charge in [-0.3, -0.25) is 4.79 Å². The summed E-state index contributed by atoms with van der Waals surface area (Å²) in [7, 11) is 0. The number of alkyl halides is 1. The van der Waals surface area contributed by atoms with E-state index >= 15 is 0 Å². The largest absolute Gasteiger partial charge is 0.356 e. The Morgan fingerprint density at radius 3 is 2.56 bits per heavy atom. The fraction of sp³-hybridized carbons (Fsp3) is 0.917. The Balaban J connectivity index is 3.09. The number of amides is 1. The van der Waals surface area contributed by atoms with Crippen molar-refractivity contribution in [3.8, 4) is 0 Å². The summed E-state index contributed by atoms with van der Waals surface area (Å²) in [5.74, 6) is 1.48. The number of thioether (sulfide) groups is 1. The molecule has 0 aromatic heterocycles. The van der Waals surface area contributed by atoms with Gasteiger partial charge in [0.15, 0.2) is 0 Å². The highest BCUT2D eigenvalue weighted by Gasteiger charge is 1.99. The third kappa shape index (κ3) is 12.4. The monoisotopic (exact) mass is 309 g/mol. The summed E-state index contributed by atoms with van der Waals surface area (Å²) < 4.78 is 0. The van der Waals surface area contributed by atoms with Gasteiger partial charge in [-0.05, 0) is 37.7 Å². The van der Waals surface area contributed by atoms with Gasteiger partial charge >= 0.3 is 0 Å². The SMILES string of the molecule is CSCCCCCCNC(=O)CCCCBr. The van der Waals surface area contributed by atoms with Crippen LogP contribution in [0.15, 0.2) is 0 Å². The maximum atomic E-state index is 11.3. The third-order valence-electron chi connectivity index (χ3n) is 2.38. The van der Waals surface area contributed by atoms with E-state index < -0.39 is 0 Å². The molecule has 0 fully saturated rings. The lowest BCUT2D eigenvalue weighted by Crippen LogP contribution is -2.23. The van der Waals surface area contributed by atoms with Crippen LogP contribution >= 0.6 is 27.7 Å². The van der Waals surface area contributed by atoms with E-state index in [2.05, 4.69) is 27.5 Å². The molecule has 96 valence electrons. The lowest BCUT2D eigenvalue weighted by Gasteiger charge is -2.04. The number of nitrogens with one attached hydrogen (secondary N) is 1. The van der Waals surface area contributed by atoms with Crippen LogP contribution in [-0.4, -0.2) is 29.8 Å². The molecule has 0 saturated heterocycles. The molecule has 4 heteroatoms. The summed E-state index contributed by atoms with van der Waals surface area (Å²) in [5.41, 5.74) is 0. The quantitative estimate of drug-likeness (QED) is 0.467. The second-order valence-electron chi connectivity index (χ2n) is 3.90. The predicted octanol–water partition coefficient (Wildman–Crippen LogP) is 3.59. The highest BCUT2D eigenvalue weighted by molar-refractivity contribution is 9.09. The molecule has 0 aromatic carbocycles. The van der Waals surface area contributed by atoms with E-state index in [1.807, 2.05) is 11.8 Å². The summed E-state index contributed by atoms with van der Waals surface area (Å²) in [6, 6.07) is 0. The van der Waals surface area contributed by atoms with E-state index in [0.29, 0.717) is 6.42 Å². The van der Waals surface area contributed by atoms with Gasteiger partial charge in [0, 0.05) is 18.3 Å². The first-order chi connectivity index (χ1) is 7.81. The Morgan fingerprint density at radius 1 is 1.12 bits per heavy atom. The molecule has 0 saturated carbocycles. The number of halogens is 1. The highest BCUT2D eigenvalue weighted by atomic mass is 79.9. The molecule has 0 aliphatic heterocycles. The Labute approximate surface area is 112 Å². The van der Waals surface area contributed by atoms with Gasteiger partial charge in [0.2, 0.25) is 5.91 Å². The van der Waals surface area contributed by atoms with Gasteiger partial charge in [0.05, 0.1) is 0 Å². The zero-order valence-corrected chi connectivity index (χ0v) is 12.7. The van der Waals surface area contributed by atoms with E-state index in [9.17, 15) is 4.79 Å². The summed E-state index contributed by atoms with van der Waals surface area (Å²) in [6.45, 7) is 0.854. The number of hydrogen-bond acceptors (Lipinski definition) is 2. The fourth-order valence-corrected chi connectivity index (χ4v) is 2.31. The number of unbranched alkanes of at least 4 members (excludes halogenated alkanes) is 4. The van der Waals surface area contributed by atoms with Crippen molar-refractivity contribution < 1.29 is 4.79 Å². The number of carbonyl (C=O) groups excluding carboxylic acids is 1. The minimum absolute atomic E-state index is 0.213. The molecule has 0 spiro atoms. The van der Waals surface area contributed by atoms with Crippen molar-refractivity contribution >= 4 is 33.6 Å². The van der Waals surface area contributed by atoms with Crippen molar-refractivity contribution in [1.29, 1.82) is 0 Å². The Kier molecular flexibility index (Phi) is 13.6. The molecule has 0 aliphatic rings. The molecular formula is C12H24BrNOS. The lowest BCUT2D eigenvalue weighted by molar-refractivity contribution is -0.121. The van der Waals surface area contributed by atoms with E-state index in [1.165, 1.54) is 25.0 Å². The van der Waals surface area contributed by atoms with Crippen molar-refractivity contribution in [2.45, 2.75) is 44.9 Å². The summed E-state index contributed by atoms with van der Waals surface area (Å²) in [6.07, 6.45) is 9.86. The fourth-order valence-electron chi connectivity index (χ4n) is 1.42. The Morgan fingerprint density at radius 2 is 1.88 bits per heavy atom. The summed E-state index contributed by atoms with van der Waals surface area (Å²) in [5, 5.41) is 3.97. The Hall–Kier alpha value is 0.300. The molecule has 0 atom stereocenters. The highest BCUT2D eigenvalue weighted by Crippen LogP contribution is 2.04. The topological polar surface area (TPSA) is 29.1 Å². The second-order valence-corrected chi connectivity index (χ2v) is 5.68. The number of hydrogen-bond donors (Lipinski definition) is 1.